The third-order valence-corrected chi connectivity index (χ3v) is 3.67. The van der Waals surface area contributed by atoms with Crippen molar-refractivity contribution in [2.24, 2.45) is 11.5 Å². The van der Waals surface area contributed by atoms with Gasteiger partial charge in [0.2, 0.25) is 11.8 Å². The van der Waals surface area contributed by atoms with E-state index in [2.05, 4.69) is 10.2 Å². The van der Waals surface area contributed by atoms with E-state index in [1.54, 1.807) is 12.1 Å². The first-order chi connectivity index (χ1) is 10.5. The van der Waals surface area contributed by atoms with Crippen LogP contribution in [0.1, 0.15) is 23.2 Å². The van der Waals surface area contributed by atoms with E-state index in [9.17, 15) is 9.59 Å². The molecule has 1 heterocycles. The van der Waals surface area contributed by atoms with E-state index in [4.69, 9.17) is 16.2 Å². The maximum Gasteiger partial charge on any atom is 0.248 e. The van der Waals surface area contributed by atoms with Gasteiger partial charge in [-0.25, -0.2) is 0 Å². The van der Waals surface area contributed by atoms with Gasteiger partial charge < -0.3 is 26.4 Å². The van der Waals surface area contributed by atoms with Crippen LogP contribution in [0.15, 0.2) is 18.2 Å². The Labute approximate surface area is 141 Å². The summed E-state index contributed by atoms with van der Waals surface area (Å²) in [5, 5.41) is 2.77. The van der Waals surface area contributed by atoms with Gasteiger partial charge in [0, 0.05) is 25.8 Å². The van der Waals surface area contributed by atoms with E-state index in [0.29, 0.717) is 11.3 Å². The van der Waals surface area contributed by atoms with Crippen LogP contribution in [0.25, 0.3) is 0 Å². The van der Waals surface area contributed by atoms with Crippen molar-refractivity contribution < 1.29 is 14.3 Å². The van der Waals surface area contributed by atoms with Crippen molar-refractivity contribution in [3.05, 3.63) is 23.8 Å². The SMILES string of the molecule is COCC(N)C(=O)Nc1cc(C(N)=O)ccc1N1CCCC1.Cl. The topological polar surface area (TPSA) is 111 Å². The Morgan fingerprint density at radius 2 is 2.00 bits per heavy atom. The number of nitrogens with one attached hydrogen (secondary N) is 1. The Bertz CT molecular complexity index is 562. The first kappa shape index (κ1) is 19.2. The molecule has 1 aliphatic heterocycles. The Morgan fingerprint density at radius 1 is 1.35 bits per heavy atom. The Hall–Kier alpha value is -1.83. The van der Waals surface area contributed by atoms with Gasteiger partial charge in [0.25, 0.3) is 0 Å². The second kappa shape index (κ2) is 8.71. The lowest BCUT2D eigenvalue weighted by Crippen LogP contribution is -2.39. The van der Waals surface area contributed by atoms with Gasteiger partial charge >= 0.3 is 0 Å². The largest absolute Gasteiger partial charge is 0.383 e. The number of primary amides is 1. The molecule has 0 saturated carbocycles. The number of benzene rings is 1. The molecule has 0 bridgehead atoms. The molecular weight excluding hydrogens is 320 g/mol. The molecule has 1 aromatic carbocycles. The zero-order chi connectivity index (χ0) is 16.1. The molecule has 128 valence electrons. The van der Waals surface area contributed by atoms with E-state index >= 15 is 0 Å². The molecule has 1 atom stereocenters. The summed E-state index contributed by atoms with van der Waals surface area (Å²) in [5.41, 5.74) is 12.8. The lowest BCUT2D eigenvalue weighted by Gasteiger charge is -2.23. The highest BCUT2D eigenvalue weighted by molar-refractivity contribution is 6.01. The minimum absolute atomic E-state index is 0. The summed E-state index contributed by atoms with van der Waals surface area (Å²) >= 11 is 0. The fourth-order valence-electron chi connectivity index (χ4n) is 2.50. The van der Waals surface area contributed by atoms with E-state index in [1.807, 2.05) is 6.07 Å². The van der Waals surface area contributed by atoms with Crippen LogP contribution in [0.5, 0.6) is 0 Å². The molecule has 2 rings (SSSR count). The lowest BCUT2D eigenvalue weighted by atomic mass is 10.1. The molecule has 8 heteroatoms. The van der Waals surface area contributed by atoms with Crippen LogP contribution in [-0.4, -0.2) is 44.7 Å². The molecule has 1 fully saturated rings. The van der Waals surface area contributed by atoms with Crippen LogP contribution >= 0.6 is 12.4 Å². The van der Waals surface area contributed by atoms with Crippen LogP contribution in [0.4, 0.5) is 11.4 Å². The highest BCUT2D eigenvalue weighted by Crippen LogP contribution is 2.30. The van der Waals surface area contributed by atoms with Crippen LogP contribution < -0.4 is 21.7 Å². The summed E-state index contributed by atoms with van der Waals surface area (Å²) in [5.74, 6) is -0.895. The fraction of sp³-hybridized carbons (Fsp3) is 0.467. The second-order valence-corrected chi connectivity index (χ2v) is 5.34. The number of nitrogens with two attached hydrogens (primary N) is 2. The smallest absolute Gasteiger partial charge is 0.248 e. The van der Waals surface area contributed by atoms with Gasteiger partial charge in [-0.15, -0.1) is 12.4 Å². The first-order valence-corrected chi connectivity index (χ1v) is 7.27. The molecular formula is C15H23ClN4O3. The number of hydrogen-bond acceptors (Lipinski definition) is 5. The average molecular weight is 343 g/mol. The number of rotatable bonds is 6. The predicted molar refractivity (Wildman–Crippen MR) is 92.1 cm³/mol. The number of carbonyl (C=O) groups excluding carboxylic acids is 2. The number of carbonyl (C=O) groups is 2. The molecule has 1 saturated heterocycles. The monoisotopic (exact) mass is 342 g/mol. The minimum atomic E-state index is -0.770. The maximum atomic E-state index is 12.1. The van der Waals surface area contributed by atoms with E-state index in [0.717, 1.165) is 31.6 Å². The standard InChI is InChI=1S/C15H22N4O3.ClH/c1-22-9-11(16)15(21)18-12-8-10(14(17)20)4-5-13(12)19-6-2-3-7-19;/h4-5,8,11H,2-3,6-7,9,16H2,1H3,(H2,17,20)(H,18,21);1H. The molecule has 5 N–H and O–H groups in total. The van der Waals surface area contributed by atoms with Gasteiger partial charge in [0.15, 0.2) is 0 Å². The number of amides is 2. The van der Waals surface area contributed by atoms with Crippen molar-refractivity contribution in [1.82, 2.24) is 0 Å². The highest BCUT2D eigenvalue weighted by atomic mass is 35.5. The van der Waals surface area contributed by atoms with E-state index < -0.39 is 11.9 Å². The van der Waals surface area contributed by atoms with Crippen molar-refractivity contribution in [2.45, 2.75) is 18.9 Å². The van der Waals surface area contributed by atoms with Gasteiger partial charge in [-0.1, -0.05) is 0 Å². The Morgan fingerprint density at radius 3 is 2.57 bits per heavy atom. The lowest BCUT2D eigenvalue weighted by molar-refractivity contribution is -0.118. The molecule has 7 nitrogen and oxygen atoms in total. The molecule has 23 heavy (non-hydrogen) atoms. The fourth-order valence-corrected chi connectivity index (χ4v) is 2.50. The van der Waals surface area contributed by atoms with Gasteiger partial charge in [-0.05, 0) is 31.0 Å². The zero-order valence-corrected chi connectivity index (χ0v) is 13.9. The van der Waals surface area contributed by atoms with Crippen LogP contribution in [-0.2, 0) is 9.53 Å². The maximum absolute atomic E-state index is 12.1. The summed E-state index contributed by atoms with van der Waals surface area (Å²) in [6.45, 7) is 1.96. The molecule has 0 aromatic heterocycles. The third kappa shape index (κ3) is 4.82. The second-order valence-electron chi connectivity index (χ2n) is 5.34. The molecule has 0 radical (unpaired) electrons. The first-order valence-electron chi connectivity index (χ1n) is 7.27. The number of ether oxygens (including phenoxy) is 1. The van der Waals surface area contributed by atoms with Crippen molar-refractivity contribution in [1.29, 1.82) is 0 Å². The van der Waals surface area contributed by atoms with Gasteiger partial charge in [0.05, 0.1) is 18.0 Å². The molecule has 0 spiro atoms. The number of nitrogens with zero attached hydrogens (tertiary/aromatic N) is 1. The Kier molecular flexibility index (Phi) is 7.28. The van der Waals surface area contributed by atoms with Gasteiger partial charge in [-0.2, -0.15) is 0 Å². The summed E-state index contributed by atoms with van der Waals surface area (Å²) < 4.78 is 4.88. The Balaban J connectivity index is 0.00000264. The predicted octanol–water partition coefficient (Wildman–Crippen LogP) is 0.720. The zero-order valence-electron chi connectivity index (χ0n) is 13.1. The average Bonchev–Trinajstić information content (AvgIpc) is 3.01. The third-order valence-electron chi connectivity index (χ3n) is 3.67. The normalized spacial score (nSPS) is 15.0. The van der Waals surface area contributed by atoms with Crippen molar-refractivity contribution in [3.8, 4) is 0 Å². The quantitative estimate of drug-likeness (QED) is 0.705. The van der Waals surface area contributed by atoms with Gasteiger partial charge in [0.1, 0.15) is 6.04 Å². The minimum Gasteiger partial charge on any atom is -0.383 e. The number of methoxy groups -OCH3 is 1. The van der Waals surface area contributed by atoms with Gasteiger partial charge in [-0.3, -0.25) is 9.59 Å². The molecule has 0 aliphatic carbocycles. The summed E-state index contributed by atoms with van der Waals surface area (Å²) in [7, 11) is 1.48. The molecule has 1 unspecified atom stereocenters. The van der Waals surface area contributed by atoms with Crippen LogP contribution in [0.3, 0.4) is 0 Å². The summed E-state index contributed by atoms with van der Waals surface area (Å²) in [4.78, 5) is 25.6. The highest BCUT2D eigenvalue weighted by Gasteiger charge is 2.20. The summed E-state index contributed by atoms with van der Waals surface area (Å²) in [6.07, 6.45) is 2.21. The number of anilines is 2. The molecule has 1 aromatic rings. The van der Waals surface area contributed by atoms with Crippen LogP contribution in [0.2, 0.25) is 0 Å². The van der Waals surface area contributed by atoms with Crippen LogP contribution in [0, 0.1) is 0 Å². The van der Waals surface area contributed by atoms with Crippen molar-refractivity contribution in [3.63, 3.8) is 0 Å². The number of halogens is 1. The van der Waals surface area contributed by atoms with E-state index in [-0.39, 0.29) is 24.9 Å². The molecule has 1 aliphatic rings. The van der Waals surface area contributed by atoms with Crippen molar-refractivity contribution in [2.75, 3.05) is 37.0 Å². The summed E-state index contributed by atoms with van der Waals surface area (Å²) in [6, 6.07) is 4.30. The van der Waals surface area contributed by atoms with Crippen molar-refractivity contribution >= 4 is 35.6 Å². The molecule has 2 amide bonds. The van der Waals surface area contributed by atoms with E-state index in [1.165, 1.54) is 7.11 Å². The number of hydrogen-bond donors (Lipinski definition) is 3.